The number of benzene rings is 1. The van der Waals surface area contributed by atoms with Crippen LogP contribution in [0, 0.1) is 18.6 Å². The molecule has 5 rings (SSSR count). The smallest absolute Gasteiger partial charge is 0.229 e. The molecule has 3 aromatic heterocycles. The Kier molecular flexibility index (Phi) is 7.33. The van der Waals surface area contributed by atoms with Crippen molar-refractivity contribution in [1.82, 2.24) is 29.4 Å². The molecule has 39 heavy (non-hydrogen) atoms. The first-order chi connectivity index (χ1) is 18.6. The van der Waals surface area contributed by atoms with Crippen LogP contribution in [0.25, 0.3) is 22.3 Å². The van der Waals surface area contributed by atoms with E-state index in [1.165, 1.54) is 6.07 Å². The summed E-state index contributed by atoms with van der Waals surface area (Å²) in [5.74, 6) is -0.286. The number of piperidine rings is 1. The molecule has 4 aromatic rings. The van der Waals surface area contributed by atoms with Crippen molar-refractivity contribution in [2.24, 2.45) is 0 Å². The molecule has 1 aliphatic rings. The summed E-state index contributed by atoms with van der Waals surface area (Å²) in [7, 11) is 0. The topological polar surface area (TPSA) is 71.8 Å². The van der Waals surface area contributed by atoms with Crippen LogP contribution in [-0.4, -0.2) is 54.7 Å². The first kappa shape index (κ1) is 27.1. The number of aromatic nitrogens is 5. The van der Waals surface area contributed by atoms with Crippen molar-refractivity contribution >= 4 is 22.8 Å². The van der Waals surface area contributed by atoms with E-state index in [-0.39, 0.29) is 34.7 Å². The average molecular weight is 538 g/mol. The van der Waals surface area contributed by atoms with E-state index in [1.54, 1.807) is 18.3 Å². The lowest BCUT2D eigenvalue weighted by molar-refractivity contribution is 0.0408. The number of pyridine rings is 1. The normalized spacial score (nSPS) is 16.6. The van der Waals surface area contributed by atoms with Gasteiger partial charge in [-0.25, -0.2) is 33.1 Å². The van der Waals surface area contributed by atoms with Crippen LogP contribution in [0.5, 0.6) is 0 Å². The Labute approximate surface area is 226 Å². The highest BCUT2D eigenvalue weighted by atomic mass is 19.1. The summed E-state index contributed by atoms with van der Waals surface area (Å²) < 4.78 is 47.4. The molecule has 0 saturated carbocycles. The molecule has 4 heterocycles. The van der Waals surface area contributed by atoms with Gasteiger partial charge in [-0.3, -0.25) is 0 Å². The van der Waals surface area contributed by atoms with Crippen molar-refractivity contribution in [2.75, 3.05) is 25.0 Å². The number of imidazole rings is 1. The molecule has 0 spiro atoms. The number of nitrogens with one attached hydrogen (secondary N) is 1. The molecule has 10 heteroatoms. The Bertz CT molecular complexity index is 1470. The Balaban J connectivity index is 1.38. The maximum absolute atomic E-state index is 15.7. The number of anilines is 2. The van der Waals surface area contributed by atoms with Crippen molar-refractivity contribution in [3.8, 4) is 11.3 Å². The fraction of sp³-hybridized carbons (Fsp3) is 0.448. The lowest BCUT2D eigenvalue weighted by Crippen LogP contribution is -2.44. The molecule has 0 aliphatic carbocycles. The maximum atomic E-state index is 15.7. The lowest BCUT2D eigenvalue weighted by atomic mass is 9.79. The summed E-state index contributed by atoms with van der Waals surface area (Å²) in [6.45, 7) is 12.2. The third kappa shape index (κ3) is 5.22. The third-order valence-electron chi connectivity index (χ3n) is 7.90. The molecule has 0 unspecified atom stereocenters. The predicted octanol–water partition coefficient (Wildman–Crippen LogP) is 6.73. The fourth-order valence-corrected chi connectivity index (χ4v) is 5.51. The third-order valence-corrected chi connectivity index (χ3v) is 7.90. The monoisotopic (exact) mass is 537 g/mol. The zero-order chi connectivity index (χ0) is 27.9. The van der Waals surface area contributed by atoms with Gasteiger partial charge in [0.25, 0.3) is 0 Å². The van der Waals surface area contributed by atoms with Crippen molar-refractivity contribution in [3.63, 3.8) is 0 Å². The van der Waals surface area contributed by atoms with Crippen LogP contribution in [0.2, 0.25) is 0 Å². The number of hydrogen-bond acceptors (Lipinski definition) is 6. The lowest BCUT2D eigenvalue weighted by Gasteiger charge is -2.39. The van der Waals surface area contributed by atoms with Gasteiger partial charge in [0.05, 0.1) is 11.7 Å². The first-order valence-corrected chi connectivity index (χ1v) is 13.4. The van der Waals surface area contributed by atoms with Crippen molar-refractivity contribution in [1.29, 1.82) is 0 Å². The van der Waals surface area contributed by atoms with E-state index in [0.717, 1.165) is 31.4 Å². The van der Waals surface area contributed by atoms with Crippen molar-refractivity contribution in [2.45, 2.75) is 65.1 Å². The molecule has 0 amide bonds. The molecule has 7 nitrogen and oxygen atoms in total. The summed E-state index contributed by atoms with van der Waals surface area (Å²) in [6.07, 6.45) is 3.70. The van der Waals surface area contributed by atoms with Crippen LogP contribution in [-0.2, 0) is 0 Å². The van der Waals surface area contributed by atoms with E-state index >= 15 is 4.39 Å². The van der Waals surface area contributed by atoms with Crippen molar-refractivity contribution < 1.29 is 13.2 Å². The van der Waals surface area contributed by atoms with Gasteiger partial charge in [0.15, 0.2) is 11.6 Å². The van der Waals surface area contributed by atoms with Crippen LogP contribution in [0.15, 0.2) is 36.7 Å². The highest BCUT2D eigenvalue weighted by Gasteiger charge is 2.40. The molecule has 0 radical (unpaired) electrons. The van der Waals surface area contributed by atoms with E-state index in [4.69, 9.17) is 0 Å². The first-order valence-electron chi connectivity index (χ1n) is 13.4. The molecule has 1 saturated heterocycles. The Morgan fingerprint density at radius 3 is 2.38 bits per heavy atom. The van der Waals surface area contributed by atoms with E-state index < -0.39 is 17.3 Å². The van der Waals surface area contributed by atoms with E-state index in [0.29, 0.717) is 30.0 Å². The summed E-state index contributed by atoms with van der Waals surface area (Å²) in [5.41, 5.74) is 0.603. The molecule has 1 aromatic carbocycles. The van der Waals surface area contributed by atoms with Gasteiger partial charge < -0.3 is 14.8 Å². The predicted molar refractivity (Wildman–Crippen MR) is 147 cm³/mol. The van der Waals surface area contributed by atoms with Gasteiger partial charge in [0, 0.05) is 36.8 Å². The maximum Gasteiger partial charge on any atom is 0.229 e. The molecule has 206 valence electrons. The van der Waals surface area contributed by atoms with E-state index in [9.17, 15) is 8.78 Å². The molecular formula is C29H34F3N7. The number of likely N-dealkylation sites (tertiary alicyclic amines) is 1. The number of rotatable bonds is 7. The summed E-state index contributed by atoms with van der Waals surface area (Å²) in [6, 6.07) is 6.56. The Morgan fingerprint density at radius 2 is 1.74 bits per heavy atom. The second-order valence-electron chi connectivity index (χ2n) is 10.6. The van der Waals surface area contributed by atoms with Gasteiger partial charge in [0.2, 0.25) is 5.95 Å². The Morgan fingerprint density at radius 1 is 1.00 bits per heavy atom. The van der Waals surface area contributed by atoms with Crippen LogP contribution < -0.4 is 5.32 Å². The minimum atomic E-state index is -1.27. The van der Waals surface area contributed by atoms with E-state index in [1.807, 2.05) is 38.3 Å². The molecular weight excluding hydrogens is 503 g/mol. The van der Waals surface area contributed by atoms with Crippen LogP contribution in [0.3, 0.4) is 0 Å². The number of nitrogens with zero attached hydrogens (tertiary/aromatic N) is 6. The molecule has 1 fully saturated rings. The zero-order valence-corrected chi connectivity index (χ0v) is 23.0. The fourth-order valence-electron chi connectivity index (χ4n) is 5.51. The van der Waals surface area contributed by atoms with Gasteiger partial charge in [-0.2, -0.15) is 0 Å². The van der Waals surface area contributed by atoms with Crippen LogP contribution in [0.1, 0.15) is 63.9 Å². The highest BCUT2D eigenvalue weighted by Crippen LogP contribution is 2.40. The molecule has 1 aliphatic heterocycles. The van der Waals surface area contributed by atoms with Gasteiger partial charge in [-0.15, -0.1) is 0 Å². The second kappa shape index (κ2) is 10.6. The largest absolute Gasteiger partial charge is 0.326 e. The summed E-state index contributed by atoms with van der Waals surface area (Å²) in [5, 5.41) is 2.98. The number of aryl methyl sites for hydroxylation is 1. The molecule has 1 atom stereocenters. The highest BCUT2D eigenvalue weighted by molar-refractivity contribution is 5.83. The zero-order valence-electron chi connectivity index (χ0n) is 23.0. The van der Waals surface area contributed by atoms with Crippen LogP contribution >= 0.6 is 0 Å². The summed E-state index contributed by atoms with van der Waals surface area (Å²) >= 11 is 0. The SMILES string of the molecule is CCN1CCC(F)([C@H](C)c2ccc(Nc3ncc(F)c(-c4cc(F)c5nc(C)n(C(C)C)c5c4)n3)nc2)CC1. The van der Waals surface area contributed by atoms with Gasteiger partial charge >= 0.3 is 0 Å². The number of hydrogen-bond donors (Lipinski definition) is 1. The number of halogens is 3. The number of fused-ring (bicyclic) bond motifs is 1. The van der Waals surface area contributed by atoms with Crippen molar-refractivity contribution in [3.05, 3.63) is 59.7 Å². The van der Waals surface area contributed by atoms with E-state index in [2.05, 4.69) is 37.1 Å². The average Bonchev–Trinajstić information content (AvgIpc) is 3.27. The standard InChI is InChI=1S/C29H34F3N7/c1-6-38-11-9-29(32,10-12-38)18(4)20-7-8-25(33-15-20)36-28-34-16-23(31)26(37-28)21-13-22(30)27-24(14-21)39(17(2)3)19(5)35-27/h7-8,13-18H,6,9-12H2,1-5H3,(H,33,34,36,37)/t18-/m1/s1. The number of alkyl halides is 1. The van der Waals surface area contributed by atoms with Gasteiger partial charge in [0.1, 0.15) is 28.5 Å². The summed E-state index contributed by atoms with van der Waals surface area (Å²) in [4.78, 5) is 19.4. The second-order valence-corrected chi connectivity index (χ2v) is 10.6. The molecule has 1 N–H and O–H groups in total. The molecule has 0 bridgehead atoms. The van der Waals surface area contributed by atoms with Gasteiger partial charge in [-0.05, 0) is 63.9 Å². The Hall–Kier alpha value is -3.53. The minimum absolute atomic E-state index is 0.0366. The minimum Gasteiger partial charge on any atom is -0.326 e. The quantitative estimate of drug-likeness (QED) is 0.282. The van der Waals surface area contributed by atoms with Gasteiger partial charge in [-0.1, -0.05) is 19.9 Å². The van der Waals surface area contributed by atoms with Crippen LogP contribution in [0.4, 0.5) is 24.9 Å².